The van der Waals surface area contributed by atoms with Crippen molar-refractivity contribution in [3.8, 4) is 23.4 Å². The fourth-order valence-electron chi connectivity index (χ4n) is 4.15. The zero-order chi connectivity index (χ0) is 27.1. The molecule has 192 valence electrons. The van der Waals surface area contributed by atoms with Gasteiger partial charge in [0, 0.05) is 26.0 Å². The van der Waals surface area contributed by atoms with Gasteiger partial charge in [-0.2, -0.15) is 25.4 Å². The van der Waals surface area contributed by atoms with Crippen LogP contribution >= 0.6 is 0 Å². The van der Waals surface area contributed by atoms with Crippen molar-refractivity contribution < 1.29 is 4.58 Å². The zero-order valence-electron chi connectivity index (χ0n) is 22.4. The van der Waals surface area contributed by atoms with Crippen LogP contribution in [-0.2, 0) is 26.7 Å². The van der Waals surface area contributed by atoms with Gasteiger partial charge in [-0.25, -0.2) is 4.58 Å². The summed E-state index contributed by atoms with van der Waals surface area (Å²) >= 11 is 0. The first-order valence-corrected chi connectivity index (χ1v) is 12.3. The summed E-state index contributed by atoms with van der Waals surface area (Å²) in [5.41, 5.74) is 4.69. The summed E-state index contributed by atoms with van der Waals surface area (Å²) in [5.74, 6) is 0.376. The summed E-state index contributed by atoms with van der Waals surface area (Å²) in [4.78, 5) is 10.7. The van der Waals surface area contributed by atoms with Crippen LogP contribution in [0.25, 0.3) is 11.3 Å². The smallest absolute Gasteiger partial charge is 0.238 e. The van der Waals surface area contributed by atoms with Gasteiger partial charge in [0.2, 0.25) is 12.4 Å². The van der Waals surface area contributed by atoms with Crippen molar-refractivity contribution in [3.05, 3.63) is 46.9 Å². The lowest BCUT2D eigenvalue weighted by atomic mass is 9.97. The van der Waals surface area contributed by atoms with Crippen LogP contribution in [0.15, 0.2) is 18.6 Å². The lowest BCUT2D eigenvalue weighted by molar-refractivity contribution is -0.530. The molecule has 0 radical (unpaired) electrons. The molecule has 37 heavy (non-hydrogen) atoms. The number of aromatic nitrogens is 6. The molecule has 0 aliphatic carbocycles. The van der Waals surface area contributed by atoms with E-state index in [-0.39, 0.29) is 6.67 Å². The molecule has 3 aromatic heterocycles. The van der Waals surface area contributed by atoms with E-state index >= 15 is 0 Å². The first-order valence-electron chi connectivity index (χ1n) is 12.3. The topological polar surface area (TPSA) is 139 Å². The third-order valence-electron chi connectivity index (χ3n) is 6.52. The highest BCUT2D eigenvalue weighted by atomic mass is 15.4. The Kier molecular flexibility index (Phi) is 8.99. The highest BCUT2D eigenvalue weighted by molar-refractivity contribution is 6.35. The average Bonchev–Trinajstić information content (AvgIpc) is 3.40. The Balaban J connectivity index is 2.17. The van der Waals surface area contributed by atoms with Crippen LogP contribution in [0.4, 0.5) is 0 Å². The molecular weight excluding hydrogens is 466 g/mol. The molecule has 11 heteroatoms. The summed E-state index contributed by atoms with van der Waals surface area (Å²) in [5, 5.41) is 37.7. The molecule has 3 rings (SSSR count). The second kappa shape index (κ2) is 12.2. The van der Waals surface area contributed by atoms with E-state index in [4.69, 9.17) is 10.5 Å². The maximum atomic E-state index is 10.1. The second-order valence-electron chi connectivity index (χ2n) is 9.19. The van der Waals surface area contributed by atoms with Gasteiger partial charge < -0.3 is 10.3 Å². The highest BCUT2D eigenvalue weighted by Crippen LogP contribution is 2.26. The zero-order valence-corrected chi connectivity index (χ0v) is 22.4. The van der Waals surface area contributed by atoms with Crippen LogP contribution in [0.3, 0.4) is 0 Å². The standard InChI is InChI=1S/C26H34N11/c1-7-18(3)11-19-26(23(13-28)36(6)32-19)22(12-27)35(5)17-37-24(14-29)25(20-15-30-9-10-31-20)21(33-37)16-34(4)8-2/h9-10,12,15,18,27H,7-8,11,16-17H2,1-6H3/q+1. The molecular formula is C26H34N11+. The highest BCUT2D eigenvalue weighted by Gasteiger charge is 2.28. The molecule has 0 aromatic carbocycles. The molecule has 1 atom stereocenters. The summed E-state index contributed by atoms with van der Waals surface area (Å²) < 4.78 is 5.03. The average molecular weight is 501 g/mol. The van der Waals surface area contributed by atoms with Gasteiger partial charge in [-0.3, -0.25) is 14.6 Å². The van der Waals surface area contributed by atoms with E-state index in [1.165, 1.54) is 6.21 Å². The van der Waals surface area contributed by atoms with E-state index < -0.39 is 0 Å². The third kappa shape index (κ3) is 5.79. The maximum absolute atomic E-state index is 10.1. The number of hydrogen-bond acceptors (Lipinski definition) is 8. The largest absolute Gasteiger partial charge is 0.302 e. The molecule has 3 aromatic rings. The molecule has 1 unspecified atom stereocenters. The van der Waals surface area contributed by atoms with Gasteiger partial charge in [-0.15, -0.1) is 0 Å². The first-order chi connectivity index (χ1) is 17.8. The number of aryl methyl sites for hydroxylation is 1. The summed E-state index contributed by atoms with van der Waals surface area (Å²) in [7, 11) is 5.56. The molecule has 0 spiro atoms. The molecule has 0 saturated carbocycles. The van der Waals surface area contributed by atoms with Gasteiger partial charge in [0.05, 0.1) is 35.1 Å². The quantitative estimate of drug-likeness (QED) is 0.315. The second-order valence-corrected chi connectivity index (χ2v) is 9.19. The van der Waals surface area contributed by atoms with Gasteiger partial charge in [0.1, 0.15) is 24.7 Å². The van der Waals surface area contributed by atoms with E-state index in [0.29, 0.717) is 52.8 Å². The van der Waals surface area contributed by atoms with Crippen molar-refractivity contribution in [1.29, 1.82) is 15.9 Å². The molecule has 0 aliphatic rings. The monoisotopic (exact) mass is 500 g/mol. The van der Waals surface area contributed by atoms with Gasteiger partial charge >= 0.3 is 0 Å². The van der Waals surface area contributed by atoms with Gasteiger partial charge in [-0.1, -0.05) is 27.2 Å². The first kappa shape index (κ1) is 27.4. The van der Waals surface area contributed by atoms with Crippen molar-refractivity contribution in [1.82, 2.24) is 34.4 Å². The molecule has 1 N–H and O–H groups in total. The molecule has 0 fully saturated rings. The Hall–Kier alpha value is -4.22. The summed E-state index contributed by atoms with van der Waals surface area (Å²) in [6.45, 7) is 7.87. The third-order valence-corrected chi connectivity index (χ3v) is 6.52. The number of nitrogens with zero attached hydrogens (tertiary/aromatic N) is 10. The van der Waals surface area contributed by atoms with Crippen LogP contribution in [0.1, 0.15) is 55.5 Å². The Morgan fingerprint density at radius 1 is 1.19 bits per heavy atom. The Bertz CT molecular complexity index is 1370. The number of rotatable bonds is 11. The van der Waals surface area contributed by atoms with Crippen molar-refractivity contribution in [2.45, 2.75) is 46.8 Å². The molecule has 0 bridgehead atoms. The van der Waals surface area contributed by atoms with Gasteiger partial charge in [-0.05, 0) is 25.9 Å². The lowest BCUT2D eigenvalue weighted by Gasteiger charge is -2.12. The van der Waals surface area contributed by atoms with Crippen molar-refractivity contribution >= 4 is 11.9 Å². The lowest BCUT2D eigenvalue weighted by Crippen LogP contribution is -2.25. The number of nitriles is 2. The van der Waals surface area contributed by atoms with Crippen molar-refractivity contribution in [2.24, 2.45) is 13.0 Å². The van der Waals surface area contributed by atoms with Crippen LogP contribution in [0, 0.1) is 34.0 Å². The molecule has 0 saturated heterocycles. The minimum absolute atomic E-state index is 0.194. The number of hydrogen-bond donors (Lipinski definition) is 1. The fourth-order valence-corrected chi connectivity index (χ4v) is 4.15. The summed E-state index contributed by atoms with van der Waals surface area (Å²) in [6.07, 6.45) is 7.73. The number of nitrogens with one attached hydrogen (secondary N) is 1. The fraction of sp³-hybridized carbons (Fsp3) is 0.462. The Labute approximate surface area is 217 Å². The van der Waals surface area contributed by atoms with Crippen LogP contribution in [0.2, 0.25) is 0 Å². The maximum Gasteiger partial charge on any atom is 0.238 e. The van der Waals surface area contributed by atoms with Crippen molar-refractivity contribution in [3.63, 3.8) is 0 Å². The van der Waals surface area contributed by atoms with Crippen LogP contribution < -0.4 is 0 Å². The van der Waals surface area contributed by atoms with E-state index in [0.717, 1.165) is 24.4 Å². The van der Waals surface area contributed by atoms with Crippen molar-refractivity contribution in [2.75, 3.05) is 20.6 Å². The van der Waals surface area contributed by atoms with Crippen LogP contribution in [-0.4, -0.2) is 71.6 Å². The van der Waals surface area contributed by atoms with E-state index in [2.05, 4.69) is 52.9 Å². The minimum Gasteiger partial charge on any atom is -0.302 e. The Morgan fingerprint density at radius 2 is 1.92 bits per heavy atom. The predicted octanol–water partition coefficient (Wildman–Crippen LogP) is 2.60. The summed E-state index contributed by atoms with van der Waals surface area (Å²) in [6, 6.07) is 4.55. The Morgan fingerprint density at radius 3 is 2.49 bits per heavy atom. The normalized spacial score (nSPS) is 12.7. The SMILES string of the molecule is CCC(C)Cc1nn(C)c(C#N)c1C(C=N)=[N+](C)Cn1nc(CN(C)CC)c(-c2cnccn2)c1C#N. The van der Waals surface area contributed by atoms with E-state index in [1.807, 2.05) is 18.7 Å². The predicted molar refractivity (Wildman–Crippen MR) is 140 cm³/mol. The minimum atomic E-state index is 0.194. The van der Waals surface area contributed by atoms with E-state index in [9.17, 15) is 10.5 Å². The molecule has 0 aliphatic heterocycles. The molecule has 11 nitrogen and oxygen atoms in total. The van der Waals surface area contributed by atoms with Crippen LogP contribution in [0.5, 0.6) is 0 Å². The van der Waals surface area contributed by atoms with E-state index in [1.54, 1.807) is 35.0 Å². The molecule has 3 heterocycles. The molecule has 0 amide bonds. The van der Waals surface area contributed by atoms with Gasteiger partial charge in [0.25, 0.3) is 0 Å². The van der Waals surface area contributed by atoms with Gasteiger partial charge in [0.15, 0.2) is 11.4 Å².